The molecule has 0 aliphatic rings. The fraction of sp³-hybridized carbons (Fsp3) is 0.333. The maximum atomic E-state index is 12.5. The molecule has 2 N–H and O–H groups in total. The third-order valence-corrected chi connectivity index (χ3v) is 2.21. The molecule has 1 unspecified atom stereocenters. The molecule has 0 fully saturated rings. The van der Waals surface area contributed by atoms with Gasteiger partial charge in [0.2, 0.25) is 5.82 Å². The van der Waals surface area contributed by atoms with Gasteiger partial charge in [-0.15, -0.1) is 10.2 Å². The first-order chi connectivity index (χ1) is 7.39. The van der Waals surface area contributed by atoms with Crippen LogP contribution in [0.1, 0.15) is 24.4 Å². The second-order valence-electron chi connectivity index (χ2n) is 3.50. The van der Waals surface area contributed by atoms with Crippen LogP contribution in [0.3, 0.4) is 0 Å². The fourth-order valence-electron chi connectivity index (χ4n) is 1.38. The molecule has 4 nitrogen and oxygen atoms in total. The Kier molecular flexibility index (Phi) is 2.34. The summed E-state index contributed by atoms with van der Waals surface area (Å²) in [5.74, 6) is -1.03. The van der Waals surface area contributed by atoms with Gasteiger partial charge in [-0.2, -0.15) is 13.2 Å². The summed E-state index contributed by atoms with van der Waals surface area (Å²) in [6, 6.07) is 2.76. The second kappa shape index (κ2) is 3.44. The summed E-state index contributed by atoms with van der Waals surface area (Å²) in [5.41, 5.74) is 6.47. The minimum atomic E-state index is -4.50. The molecule has 2 aromatic rings. The first-order valence-electron chi connectivity index (χ1n) is 4.57. The van der Waals surface area contributed by atoms with Gasteiger partial charge in [0.05, 0.1) is 0 Å². The predicted molar refractivity (Wildman–Crippen MR) is 50.6 cm³/mol. The first kappa shape index (κ1) is 10.9. The van der Waals surface area contributed by atoms with Crippen molar-refractivity contribution < 1.29 is 13.2 Å². The van der Waals surface area contributed by atoms with Crippen LogP contribution in [0, 0.1) is 0 Å². The molecule has 2 heterocycles. The Bertz CT molecular complexity index is 515. The molecule has 2 aromatic heterocycles. The van der Waals surface area contributed by atoms with Gasteiger partial charge in [-0.3, -0.25) is 4.40 Å². The van der Waals surface area contributed by atoms with E-state index in [2.05, 4.69) is 10.2 Å². The molecule has 1 atom stereocenters. The fourth-order valence-corrected chi connectivity index (χ4v) is 1.38. The van der Waals surface area contributed by atoms with Crippen molar-refractivity contribution in [3.63, 3.8) is 0 Å². The van der Waals surface area contributed by atoms with Crippen molar-refractivity contribution in [2.75, 3.05) is 0 Å². The van der Waals surface area contributed by atoms with Gasteiger partial charge in [0.1, 0.15) is 0 Å². The van der Waals surface area contributed by atoms with Crippen LogP contribution >= 0.6 is 0 Å². The Morgan fingerprint density at radius 1 is 1.38 bits per heavy atom. The molecule has 16 heavy (non-hydrogen) atoms. The van der Waals surface area contributed by atoms with Crippen molar-refractivity contribution in [2.24, 2.45) is 5.73 Å². The SMILES string of the molecule is CC(N)c1ccn2c(C(F)(F)F)nnc2c1. The zero-order valence-electron chi connectivity index (χ0n) is 8.36. The number of hydrogen-bond acceptors (Lipinski definition) is 3. The van der Waals surface area contributed by atoms with Crippen LogP contribution in [0.25, 0.3) is 5.65 Å². The quantitative estimate of drug-likeness (QED) is 0.812. The number of nitrogens with two attached hydrogens (primary N) is 1. The van der Waals surface area contributed by atoms with Gasteiger partial charge >= 0.3 is 6.18 Å². The summed E-state index contributed by atoms with van der Waals surface area (Å²) in [7, 11) is 0. The Morgan fingerprint density at radius 2 is 2.06 bits per heavy atom. The van der Waals surface area contributed by atoms with Crippen LogP contribution in [-0.2, 0) is 6.18 Å². The van der Waals surface area contributed by atoms with Crippen molar-refractivity contribution in [1.82, 2.24) is 14.6 Å². The van der Waals surface area contributed by atoms with E-state index in [0.717, 1.165) is 4.40 Å². The number of rotatable bonds is 1. The van der Waals surface area contributed by atoms with E-state index in [1.165, 1.54) is 18.3 Å². The van der Waals surface area contributed by atoms with Gasteiger partial charge < -0.3 is 5.73 Å². The summed E-state index contributed by atoms with van der Waals surface area (Å²) in [6.45, 7) is 1.74. The second-order valence-corrected chi connectivity index (χ2v) is 3.50. The van der Waals surface area contributed by atoms with Gasteiger partial charge in [-0.05, 0) is 24.6 Å². The van der Waals surface area contributed by atoms with Crippen molar-refractivity contribution >= 4 is 5.65 Å². The molecule has 86 valence electrons. The van der Waals surface area contributed by atoms with Gasteiger partial charge in [-0.25, -0.2) is 0 Å². The van der Waals surface area contributed by atoms with E-state index >= 15 is 0 Å². The molecule has 0 aliphatic carbocycles. The lowest BCUT2D eigenvalue weighted by Crippen LogP contribution is -2.11. The maximum absolute atomic E-state index is 12.5. The van der Waals surface area contributed by atoms with Gasteiger partial charge in [0.25, 0.3) is 0 Å². The summed E-state index contributed by atoms with van der Waals surface area (Å²) in [6.07, 6.45) is -3.23. The number of fused-ring (bicyclic) bond motifs is 1. The number of nitrogens with zero attached hydrogens (tertiary/aromatic N) is 3. The molecular weight excluding hydrogens is 221 g/mol. The van der Waals surface area contributed by atoms with Crippen LogP contribution in [0.15, 0.2) is 18.3 Å². The Hall–Kier alpha value is -1.63. The van der Waals surface area contributed by atoms with Crippen molar-refractivity contribution in [2.45, 2.75) is 19.1 Å². The molecule has 0 amide bonds. The van der Waals surface area contributed by atoms with E-state index in [4.69, 9.17) is 5.73 Å². The standard InChI is InChI=1S/C9H9F3N4/c1-5(13)6-2-3-16-7(4-6)14-15-8(16)9(10,11)12/h2-5H,13H2,1H3. The van der Waals surface area contributed by atoms with E-state index in [-0.39, 0.29) is 11.7 Å². The zero-order chi connectivity index (χ0) is 11.9. The molecular formula is C9H9F3N4. The molecule has 0 aromatic carbocycles. The number of alkyl halides is 3. The summed E-state index contributed by atoms with van der Waals surface area (Å²) >= 11 is 0. The number of hydrogen-bond donors (Lipinski definition) is 1. The van der Waals surface area contributed by atoms with Gasteiger partial charge in [0, 0.05) is 12.2 Å². The molecule has 7 heteroatoms. The average molecular weight is 230 g/mol. The summed E-state index contributed by atoms with van der Waals surface area (Å²) < 4.78 is 38.3. The molecule has 2 rings (SSSR count). The van der Waals surface area contributed by atoms with Crippen molar-refractivity contribution in [3.05, 3.63) is 29.7 Å². The molecule has 0 spiro atoms. The molecule has 0 saturated heterocycles. The molecule has 0 bridgehead atoms. The monoisotopic (exact) mass is 230 g/mol. The Labute approximate surface area is 88.9 Å². The zero-order valence-corrected chi connectivity index (χ0v) is 8.36. The van der Waals surface area contributed by atoms with Crippen molar-refractivity contribution in [3.8, 4) is 0 Å². The number of halogens is 3. The Morgan fingerprint density at radius 3 is 2.62 bits per heavy atom. The van der Waals surface area contributed by atoms with E-state index in [1.807, 2.05) is 0 Å². The first-order valence-corrected chi connectivity index (χ1v) is 4.57. The van der Waals surface area contributed by atoms with Crippen LogP contribution in [-0.4, -0.2) is 14.6 Å². The highest BCUT2D eigenvalue weighted by Crippen LogP contribution is 2.28. The summed E-state index contributed by atoms with van der Waals surface area (Å²) in [5, 5.41) is 6.58. The van der Waals surface area contributed by atoms with E-state index < -0.39 is 12.0 Å². The van der Waals surface area contributed by atoms with Gasteiger partial charge in [-0.1, -0.05) is 0 Å². The van der Waals surface area contributed by atoms with E-state index in [9.17, 15) is 13.2 Å². The minimum Gasteiger partial charge on any atom is -0.324 e. The van der Waals surface area contributed by atoms with Crippen LogP contribution in [0.4, 0.5) is 13.2 Å². The third kappa shape index (κ3) is 1.73. The lowest BCUT2D eigenvalue weighted by atomic mass is 10.1. The largest absolute Gasteiger partial charge is 0.452 e. The average Bonchev–Trinajstić information content (AvgIpc) is 2.58. The number of pyridine rings is 1. The van der Waals surface area contributed by atoms with E-state index in [0.29, 0.717) is 5.56 Å². The smallest absolute Gasteiger partial charge is 0.324 e. The van der Waals surface area contributed by atoms with E-state index in [1.54, 1.807) is 6.92 Å². The normalized spacial score (nSPS) is 14.3. The van der Waals surface area contributed by atoms with Gasteiger partial charge in [0.15, 0.2) is 5.65 Å². The number of aromatic nitrogens is 3. The molecule has 0 radical (unpaired) electrons. The highest BCUT2D eigenvalue weighted by atomic mass is 19.4. The molecule has 0 saturated carbocycles. The van der Waals surface area contributed by atoms with Crippen LogP contribution in [0.2, 0.25) is 0 Å². The van der Waals surface area contributed by atoms with Crippen LogP contribution in [0.5, 0.6) is 0 Å². The summed E-state index contributed by atoms with van der Waals surface area (Å²) in [4.78, 5) is 0. The topological polar surface area (TPSA) is 56.2 Å². The third-order valence-electron chi connectivity index (χ3n) is 2.21. The maximum Gasteiger partial charge on any atom is 0.452 e. The lowest BCUT2D eigenvalue weighted by Gasteiger charge is -2.07. The minimum absolute atomic E-state index is 0.141. The highest BCUT2D eigenvalue weighted by Gasteiger charge is 2.36. The highest BCUT2D eigenvalue weighted by molar-refractivity contribution is 5.42. The molecule has 0 aliphatic heterocycles. The predicted octanol–water partition coefficient (Wildman–Crippen LogP) is 1.77. The Balaban J connectivity index is 2.59. The lowest BCUT2D eigenvalue weighted by molar-refractivity contribution is -0.145. The van der Waals surface area contributed by atoms with Crippen molar-refractivity contribution in [1.29, 1.82) is 0 Å². The van der Waals surface area contributed by atoms with Crippen LogP contribution < -0.4 is 5.73 Å².